The van der Waals surface area contributed by atoms with E-state index in [4.69, 9.17) is 4.74 Å². The molecule has 1 saturated carbocycles. The van der Waals surface area contributed by atoms with Crippen molar-refractivity contribution in [2.45, 2.75) is 69.9 Å². The molecule has 12 nitrogen and oxygen atoms in total. The number of aromatic amines is 1. The van der Waals surface area contributed by atoms with Gasteiger partial charge in [-0.15, -0.1) is 5.10 Å². The number of amides is 1. The molecule has 1 aliphatic carbocycles. The second-order valence-corrected chi connectivity index (χ2v) is 13.7. The van der Waals surface area contributed by atoms with E-state index in [1.807, 2.05) is 66.3 Å². The average Bonchev–Trinajstić information content (AvgIpc) is 3.58. The minimum atomic E-state index is -0.850. The summed E-state index contributed by atoms with van der Waals surface area (Å²) in [6, 6.07) is 28.9. The lowest BCUT2D eigenvalue weighted by atomic mass is 9.93. The lowest BCUT2D eigenvalue weighted by Gasteiger charge is -2.28. The predicted molar refractivity (Wildman–Crippen MR) is 211 cm³/mol. The molecule has 2 aromatic heterocycles. The number of carbonyl (C=O) groups excluding carboxylic acids is 1. The number of benzene rings is 4. The van der Waals surface area contributed by atoms with E-state index in [-0.39, 0.29) is 33.4 Å². The summed E-state index contributed by atoms with van der Waals surface area (Å²) in [5.74, 6) is -0.0427. The quantitative estimate of drug-likeness (QED) is 0.0773. The summed E-state index contributed by atoms with van der Waals surface area (Å²) in [7, 11) is 1.98. The van der Waals surface area contributed by atoms with Crippen molar-refractivity contribution in [3.8, 4) is 16.9 Å². The SMILES string of the molecule is CNC1CCC(OC(=O)Nc2cc(CCCn3nnc4cc(CNC[C@H](O)c5ccc(O)c6[nH]c(=O)ccc56)ccc43)ccc2-c2ccccc2)CC1.F.F. The van der Waals surface area contributed by atoms with Gasteiger partial charge in [0.2, 0.25) is 5.56 Å². The van der Waals surface area contributed by atoms with Gasteiger partial charge < -0.3 is 30.6 Å². The van der Waals surface area contributed by atoms with Crippen molar-refractivity contribution in [2.24, 2.45) is 0 Å². The molecule has 7 rings (SSSR count). The average molecular weight is 756 g/mol. The molecule has 1 aliphatic rings. The smallest absolute Gasteiger partial charge is 0.411 e. The van der Waals surface area contributed by atoms with Crippen molar-refractivity contribution < 1.29 is 29.2 Å². The standard InChI is InChI=1S/C41H45N7O5.2FH/c1-42-29-11-13-30(14-12-29)53-41(52)44-34-22-26(9-15-31(34)28-7-3-2-4-8-28)6-5-21-48-36-18-10-27(23-35(36)46-47-48)24-43-25-38(50)32-16-19-37(49)40-33(32)17-20-39(51)45-40;;/h2-4,7-10,15-20,22-23,29-30,38,42-43,49-50H,5-6,11-14,21,24-25H2,1H3,(H,44,52)(H,45,51);2*1H/t29?,30?,38-;;/m0../s1. The summed E-state index contributed by atoms with van der Waals surface area (Å²) in [4.78, 5) is 27.4. The highest BCUT2D eigenvalue weighted by Gasteiger charge is 2.23. The van der Waals surface area contributed by atoms with Crippen LogP contribution in [0.15, 0.2) is 95.8 Å². The van der Waals surface area contributed by atoms with Crippen LogP contribution in [0, 0.1) is 0 Å². The van der Waals surface area contributed by atoms with Crippen LogP contribution in [0.1, 0.15) is 54.9 Å². The minimum absolute atomic E-state index is 0. The predicted octanol–water partition coefficient (Wildman–Crippen LogP) is 6.49. The Bertz CT molecular complexity index is 2260. The van der Waals surface area contributed by atoms with Gasteiger partial charge in [0.25, 0.3) is 0 Å². The van der Waals surface area contributed by atoms with Crippen LogP contribution in [0.5, 0.6) is 5.75 Å². The van der Waals surface area contributed by atoms with Crippen LogP contribution in [0.4, 0.5) is 19.9 Å². The van der Waals surface area contributed by atoms with Crippen LogP contribution < -0.4 is 21.5 Å². The van der Waals surface area contributed by atoms with E-state index in [0.717, 1.165) is 77.5 Å². The molecule has 1 amide bonds. The van der Waals surface area contributed by atoms with Gasteiger partial charge in [-0.3, -0.25) is 19.5 Å². The number of carbonyl (C=O) groups is 1. The fourth-order valence-electron chi connectivity index (χ4n) is 7.22. The number of hydrogen-bond donors (Lipinski definition) is 6. The van der Waals surface area contributed by atoms with Gasteiger partial charge in [-0.05, 0) is 98.2 Å². The van der Waals surface area contributed by atoms with Crippen LogP contribution >= 0.6 is 0 Å². The number of phenols is 1. The molecule has 1 fully saturated rings. The summed E-state index contributed by atoms with van der Waals surface area (Å²) in [6.07, 6.45) is 3.97. The van der Waals surface area contributed by atoms with Gasteiger partial charge in [0.15, 0.2) is 0 Å². The Morgan fingerprint density at radius 3 is 2.53 bits per heavy atom. The third-order valence-corrected chi connectivity index (χ3v) is 10.1. The number of aromatic nitrogens is 4. The van der Waals surface area contributed by atoms with Crippen LogP contribution in [-0.2, 0) is 24.2 Å². The maximum Gasteiger partial charge on any atom is 0.411 e. The lowest BCUT2D eigenvalue weighted by Crippen LogP contribution is -2.34. The number of nitrogens with zero attached hydrogens (tertiary/aromatic N) is 3. The van der Waals surface area contributed by atoms with Crippen LogP contribution in [0.2, 0.25) is 0 Å². The summed E-state index contributed by atoms with van der Waals surface area (Å²) in [5.41, 5.74) is 7.12. The third kappa shape index (κ3) is 9.70. The number of H-pyrrole nitrogens is 1. The molecule has 1 atom stereocenters. The largest absolute Gasteiger partial charge is 0.506 e. The molecular formula is C41H47F2N7O5. The number of aliphatic hydroxyl groups excluding tert-OH is 1. The second-order valence-electron chi connectivity index (χ2n) is 13.7. The topological polar surface area (TPSA) is 166 Å². The van der Waals surface area contributed by atoms with Gasteiger partial charge in [0.1, 0.15) is 17.4 Å². The highest BCUT2D eigenvalue weighted by atomic mass is 19.0. The van der Waals surface area contributed by atoms with E-state index in [1.165, 1.54) is 12.1 Å². The molecule has 0 aliphatic heterocycles. The Balaban J connectivity index is 0.00000290. The Morgan fingerprint density at radius 2 is 1.75 bits per heavy atom. The molecule has 290 valence electrons. The number of fused-ring (bicyclic) bond motifs is 2. The summed E-state index contributed by atoms with van der Waals surface area (Å²) in [6.45, 7) is 1.45. The van der Waals surface area contributed by atoms with Crippen molar-refractivity contribution in [2.75, 3.05) is 18.9 Å². The Hall–Kier alpha value is -5.70. The van der Waals surface area contributed by atoms with Gasteiger partial charge in [0.05, 0.1) is 22.8 Å². The van der Waals surface area contributed by atoms with Crippen LogP contribution in [0.3, 0.4) is 0 Å². The van der Waals surface area contributed by atoms with Crippen molar-refractivity contribution >= 4 is 33.7 Å². The number of nitrogens with one attached hydrogen (secondary N) is 4. The van der Waals surface area contributed by atoms with Crippen molar-refractivity contribution in [1.29, 1.82) is 0 Å². The maximum absolute atomic E-state index is 13.1. The molecule has 55 heavy (non-hydrogen) atoms. The molecule has 0 unspecified atom stereocenters. The fraction of sp³-hybridized carbons (Fsp3) is 0.317. The highest BCUT2D eigenvalue weighted by molar-refractivity contribution is 5.92. The van der Waals surface area contributed by atoms with Gasteiger partial charge in [-0.2, -0.15) is 0 Å². The van der Waals surface area contributed by atoms with Gasteiger partial charge in [0, 0.05) is 42.7 Å². The molecule has 2 heterocycles. The van der Waals surface area contributed by atoms with Gasteiger partial charge >= 0.3 is 6.09 Å². The lowest BCUT2D eigenvalue weighted by molar-refractivity contribution is 0.0800. The number of halogens is 2. The van der Waals surface area contributed by atoms with E-state index in [2.05, 4.69) is 43.4 Å². The highest BCUT2D eigenvalue weighted by Crippen LogP contribution is 2.31. The third-order valence-electron chi connectivity index (χ3n) is 10.1. The van der Waals surface area contributed by atoms with E-state index < -0.39 is 12.2 Å². The number of ether oxygens (including phenoxy) is 1. The van der Waals surface area contributed by atoms with Gasteiger partial charge in [-0.1, -0.05) is 59.8 Å². The first-order chi connectivity index (χ1) is 25.8. The van der Waals surface area contributed by atoms with E-state index in [9.17, 15) is 19.8 Å². The first-order valence-electron chi connectivity index (χ1n) is 18.2. The van der Waals surface area contributed by atoms with Crippen LogP contribution in [0.25, 0.3) is 33.1 Å². The Morgan fingerprint density at radius 1 is 0.964 bits per heavy atom. The zero-order valence-electron chi connectivity index (χ0n) is 30.5. The molecular weight excluding hydrogens is 708 g/mol. The Kier molecular flexibility index (Phi) is 13.7. The van der Waals surface area contributed by atoms with Gasteiger partial charge in [-0.25, -0.2) is 9.48 Å². The number of pyridine rings is 1. The second kappa shape index (κ2) is 18.6. The normalized spacial score (nSPS) is 15.9. The molecule has 0 spiro atoms. The zero-order chi connectivity index (χ0) is 36.7. The summed E-state index contributed by atoms with van der Waals surface area (Å²) in [5, 5.41) is 40.1. The number of aryl methyl sites for hydroxylation is 2. The molecule has 14 heteroatoms. The molecule has 0 bridgehead atoms. The molecule has 4 aromatic carbocycles. The minimum Gasteiger partial charge on any atom is -0.506 e. The number of aromatic hydroxyl groups is 1. The van der Waals surface area contributed by atoms with E-state index in [1.54, 1.807) is 12.1 Å². The molecule has 6 N–H and O–H groups in total. The number of aliphatic hydroxyl groups is 1. The molecule has 6 aromatic rings. The van der Waals surface area contributed by atoms with Crippen molar-refractivity contribution in [1.82, 2.24) is 30.6 Å². The van der Waals surface area contributed by atoms with E-state index >= 15 is 0 Å². The number of anilines is 1. The first-order valence-corrected chi connectivity index (χ1v) is 18.2. The molecule has 0 radical (unpaired) electrons. The monoisotopic (exact) mass is 755 g/mol. The maximum atomic E-state index is 13.1. The van der Waals surface area contributed by atoms with Crippen molar-refractivity contribution in [3.63, 3.8) is 0 Å². The zero-order valence-corrected chi connectivity index (χ0v) is 30.5. The van der Waals surface area contributed by atoms with E-state index in [0.29, 0.717) is 35.6 Å². The fourth-order valence-corrected chi connectivity index (χ4v) is 7.22. The summed E-state index contributed by atoms with van der Waals surface area (Å²) < 4.78 is 7.75. The number of rotatable bonds is 13. The first kappa shape index (κ1) is 40.5. The Labute approximate surface area is 316 Å². The number of hydrogen-bond acceptors (Lipinski definition) is 9. The van der Waals surface area contributed by atoms with Crippen LogP contribution in [-0.4, -0.2) is 62.0 Å². The summed E-state index contributed by atoms with van der Waals surface area (Å²) >= 11 is 0. The number of phenolic OH excluding ortho intramolecular Hbond substituents is 1. The molecule has 0 saturated heterocycles. The van der Waals surface area contributed by atoms with Crippen molar-refractivity contribution in [3.05, 3.63) is 118 Å².